The largest absolute Gasteiger partial charge is 0.480 e. The monoisotopic (exact) mass is 473 g/mol. The van der Waals surface area contributed by atoms with E-state index in [0.29, 0.717) is 40.6 Å². The van der Waals surface area contributed by atoms with Crippen molar-refractivity contribution in [2.75, 3.05) is 38.8 Å². The molecule has 0 aromatic carbocycles. The fraction of sp³-hybridized carbons (Fsp3) is 0.700. The van der Waals surface area contributed by atoms with Gasteiger partial charge in [0.05, 0.1) is 7.11 Å². The molecule has 1 aliphatic rings. The lowest BCUT2D eigenvalue weighted by Gasteiger charge is -2.35. The fourth-order valence-corrected chi connectivity index (χ4v) is 4.19. The van der Waals surface area contributed by atoms with Crippen molar-refractivity contribution in [3.63, 3.8) is 0 Å². The fourth-order valence-electron chi connectivity index (χ4n) is 3.11. The number of nitrogens with zero attached hydrogens (tertiary/aromatic N) is 4. The van der Waals surface area contributed by atoms with Gasteiger partial charge in [-0.2, -0.15) is 4.98 Å². The van der Waals surface area contributed by atoms with Crippen LogP contribution in [-0.4, -0.2) is 76.7 Å². The number of ether oxygens (including phenoxy) is 2. The van der Waals surface area contributed by atoms with E-state index < -0.39 is 11.1 Å². The molecule has 1 amide bonds. The van der Waals surface area contributed by atoms with Gasteiger partial charge in [0.15, 0.2) is 5.16 Å². The summed E-state index contributed by atoms with van der Waals surface area (Å²) in [6.45, 7) is 8.11. The zero-order chi connectivity index (χ0) is 23.2. The maximum absolute atomic E-state index is 13.8. The molecule has 1 aliphatic heterocycles. The number of carbonyl (C=O) groups excluding carboxylic acids is 1. The van der Waals surface area contributed by atoms with Gasteiger partial charge in [0.1, 0.15) is 27.5 Å². The van der Waals surface area contributed by atoms with Gasteiger partial charge in [0, 0.05) is 26.2 Å². The van der Waals surface area contributed by atoms with E-state index in [9.17, 15) is 9.18 Å². The van der Waals surface area contributed by atoms with E-state index in [-0.39, 0.29) is 12.1 Å². The van der Waals surface area contributed by atoms with E-state index in [0.717, 1.165) is 24.6 Å². The molecule has 174 valence electrons. The number of piperidine rings is 1. The van der Waals surface area contributed by atoms with Gasteiger partial charge in [0.2, 0.25) is 5.88 Å². The van der Waals surface area contributed by atoms with Crippen LogP contribution in [0.25, 0.3) is 0 Å². The summed E-state index contributed by atoms with van der Waals surface area (Å²) in [6.07, 6.45) is 3.22. The summed E-state index contributed by atoms with van der Waals surface area (Å²) >= 11 is 2.36. The lowest BCUT2D eigenvalue weighted by molar-refractivity contribution is 0.0206. The molecular weight excluding hydrogens is 441 g/mol. The molecule has 1 unspecified atom stereocenters. The standard InChI is InChI=1S/C20H32FN5O3S2/c1-12(21)31-17(22-5)14-15(24-18(30-7)25-16(14)28-6)23-13-9-8-10-26(11-13)19(27)29-20(2,3)4/h12-13H,8-11H2,1-7H3,(H,23,24,25)/b22-17-/t12?,13-/m1/s1. The Morgan fingerprint density at radius 2 is 2.10 bits per heavy atom. The van der Waals surface area contributed by atoms with Crippen molar-refractivity contribution in [3.05, 3.63) is 5.56 Å². The number of aromatic nitrogens is 2. The van der Waals surface area contributed by atoms with Crippen molar-refractivity contribution in [3.8, 4) is 5.88 Å². The molecule has 0 spiro atoms. The van der Waals surface area contributed by atoms with Crippen molar-refractivity contribution in [2.24, 2.45) is 4.99 Å². The van der Waals surface area contributed by atoms with Crippen LogP contribution in [0.1, 0.15) is 46.1 Å². The van der Waals surface area contributed by atoms with Crippen LogP contribution in [0.15, 0.2) is 10.1 Å². The van der Waals surface area contributed by atoms with Crippen LogP contribution in [0.3, 0.4) is 0 Å². The van der Waals surface area contributed by atoms with Crippen LogP contribution in [-0.2, 0) is 4.74 Å². The van der Waals surface area contributed by atoms with E-state index in [4.69, 9.17) is 9.47 Å². The van der Waals surface area contributed by atoms with Gasteiger partial charge < -0.3 is 19.7 Å². The molecule has 0 bridgehead atoms. The molecule has 0 saturated carbocycles. The Bertz CT molecular complexity index is 802. The third kappa shape index (κ3) is 7.41. The van der Waals surface area contributed by atoms with Crippen molar-refractivity contribution in [2.45, 2.75) is 62.8 Å². The second-order valence-electron chi connectivity index (χ2n) is 8.04. The summed E-state index contributed by atoms with van der Waals surface area (Å²) in [5, 5.41) is 4.39. The Hall–Kier alpha value is -1.75. The third-order valence-corrected chi connectivity index (χ3v) is 5.82. The number of nitrogens with one attached hydrogen (secondary N) is 1. The quantitative estimate of drug-likeness (QED) is 0.281. The zero-order valence-corrected chi connectivity index (χ0v) is 20.8. The number of thioether (sulfide) groups is 2. The summed E-state index contributed by atoms with van der Waals surface area (Å²) in [7, 11) is 3.11. The third-order valence-electron chi connectivity index (χ3n) is 4.34. The minimum atomic E-state index is -1.16. The molecule has 1 saturated heterocycles. The number of methoxy groups -OCH3 is 1. The molecule has 8 nitrogen and oxygen atoms in total. The van der Waals surface area contributed by atoms with Crippen LogP contribution in [0, 0.1) is 0 Å². The van der Waals surface area contributed by atoms with Gasteiger partial charge in [0.25, 0.3) is 0 Å². The molecule has 31 heavy (non-hydrogen) atoms. The van der Waals surface area contributed by atoms with Crippen LogP contribution < -0.4 is 10.1 Å². The summed E-state index contributed by atoms with van der Waals surface area (Å²) < 4.78 is 24.8. The number of rotatable bonds is 6. The maximum atomic E-state index is 13.8. The van der Waals surface area contributed by atoms with Crippen LogP contribution in [0.2, 0.25) is 0 Å². The van der Waals surface area contributed by atoms with E-state index in [2.05, 4.69) is 20.3 Å². The van der Waals surface area contributed by atoms with Crippen LogP contribution in [0.5, 0.6) is 5.88 Å². The Morgan fingerprint density at radius 3 is 2.65 bits per heavy atom. The minimum Gasteiger partial charge on any atom is -0.480 e. The highest BCUT2D eigenvalue weighted by atomic mass is 32.2. The first-order valence-corrected chi connectivity index (χ1v) is 12.2. The van der Waals surface area contributed by atoms with Gasteiger partial charge >= 0.3 is 6.09 Å². The number of likely N-dealkylation sites (tertiary alicyclic amines) is 1. The highest BCUT2D eigenvalue weighted by Crippen LogP contribution is 2.33. The molecule has 1 aromatic heterocycles. The Morgan fingerprint density at radius 1 is 1.39 bits per heavy atom. The van der Waals surface area contributed by atoms with Crippen molar-refractivity contribution in [1.82, 2.24) is 14.9 Å². The SMILES string of the molecule is C/N=C(\SC(C)F)c1c(N[C@@H]2CCCN(C(=O)OC(C)(C)C)C2)nc(SC)nc1OC. The number of hydrogen-bond donors (Lipinski definition) is 1. The van der Waals surface area contributed by atoms with Gasteiger partial charge in [-0.25, -0.2) is 14.2 Å². The van der Waals surface area contributed by atoms with Crippen LogP contribution >= 0.6 is 23.5 Å². The Kier molecular flexibility index (Phi) is 9.23. The Balaban J connectivity index is 2.33. The number of halogens is 1. The first-order valence-electron chi connectivity index (χ1n) is 10.1. The van der Waals surface area contributed by atoms with Crippen molar-refractivity contribution < 1.29 is 18.7 Å². The van der Waals surface area contributed by atoms with Crippen molar-refractivity contribution in [1.29, 1.82) is 0 Å². The molecular formula is C20H32FN5O3S2. The van der Waals surface area contributed by atoms with Gasteiger partial charge in [-0.05, 0) is 46.8 Å². The molecule has 2 heterocycles. The summed E-state index contributed by atoms with van der Waals surface area (Å²) in [5.41, 5.74) is -1.19. The number of aliphatic imine (C=N–C) groups is 1. The average molecular weight is 474 g/mol. The molecule has 1 aromatic rings. The number of anilines is 1. The summed E-state index contributed by atoms with van der Waals surface area (Å²) in [4.78, 5) is 27.5. The summed E-state index contributed by atoms with van der Waals surface area (Å²) in [5.74, 6) is 0.844. The predicted octanol–water partition coefficient (Wildman–Crippen LogP) is 4.44. The van der Waals surface area contributed by atoms with Crippen molar-refractivity contribution >= 4 is 40.5 Å². The minimum absolute atomic E-state index is 0.0553. The summed E-state index contributed by atoms with van der Waals surface area (Å²) in [6, 6.07) is -0.0553. The number of amides is 1. The van der Waals surface area contributed by atoms with E-state index in [1.807, 2.05) is 27.0 Å². The first kappa shape index (κ1) is 25.5. The smallest absolute Gasteiger partial charge is 0.410 e. The Labute approximate surface area is 192 Å². The molecule has 11 heteroatoms. The maximum Gasteiger partial charge on any atom is 0.410 e. The van der Waals surface area contributed by atoms with E-state index in [1.165, 1.54) is 25.8 Å². The molecule has 2 rings (SSSR count). The predicted molar refractivity (Wildman–Crippen MR) is 125 cm³/mol. The van der Waals surface area contributed by atoms with E-state index in [1.54, 1.807) is 11.9 Å². The number of alkyl halides is 1. The zero-order valence-electron chi connectivity index (χ0n) is 19.2. The van der Waals surface area contributed by atoms with E-state index >= 15 is 0 Å². The molecule has 2 atom stereocenters. The molecule has 1 N–H and O–H groups in total. The second kappa shape index (κ2) is 11.2. The van der Waals surface area contributed by atoms with Gasteiger partial charge in [-0.3, -0.25) is 4.99 Å². The van der Waals surface area contributed by atoms with Crippen LogP contribution in [0.4, 0.5) is 15.0 Å². The van der Waals surface area contributed by atoms with Gasteiger partial charge in [-0.15, -0.1) is 0 Å². The molecule has 0 aliphatic carbocycles. The first-order chi connectivity index (χ1) is 14.6. The highest BCUT2D eigenvalue weighted by Gasteiger charge is 2.30. The number of carbonyl (C=O) groups is 1. The highest BCUT2D eigenvalue weighted by molar-refractivity contribution is 8.14. The lowest BCUT2D eigenvalue weighted by atomic mass is 10.1. The lowest BCUT2D eigenvalue weighted by Crippen LogP contribution is -2.47. The second-order valence-corrected chi connectivity index (χ2v) is 10.1. The molecule has 1 fully saturated rings. The normalized spacial score (nSPS) is 18.5. The number of hydrogen-bond acceptors (Lipinski definition) is 9. The topological polar surface area (TPSA) is 88.9 Å². The average Bonchev–Trinajstić information content (AvgIpc) is 2.70. The van der Waals surface area contributed by atoms with Gasteiger partial charge in [-0.1, -0.05) is 23.5 Å². The molecule has 0 radical (unpaired) electrons.